The van der Waals surface area contributed by atoms with Crippen LogP contribution in [0.2, 0.25) is 0 Å². The van der Waals surface area contributed by atoms with Gasteiger partial charge in [-0.15, -0.1) is 23.1 Å². The molecule has 1 nitrogen and oxygen atoms in total. The van der Waals surface area contributed by atoms with Crippen molar-refractivity contribution in [2.75, 3.05) is 12.0 Å². The van der Waals surface area contributed by atoms with Crippen LogP contribution in [0.25, 0.3) is 10.1 Å². The molecule has 2 N–H and O–H groups in total. The maximum absolute atomic E-state index is 5.77. The van der Waals surface area contributed by atoms with Crippen LogP contribution in [0.15, 0.2) is 23.1 Å². The first-order valence-corrected chi connectivity index (χ1v) is 6.86. The highest BCUT2D eigenvalue weighted by Gasteiger charge is 2.06. The highest BCUT2D eigenvalue weighted by molar-refractivity contribution is 14.1. The van der Waals surface area contributed by atoms with Crippen LogP contribution in [0.3, 0.4) is 0 Å². The highest BCUT2D eigenvalue weighted by atomic mass is 127. The number of thioether (sulfide) groups is 1. The monoisotopic (exact) mass is 321 g/mol. The Morgan fingerprint density at radius 2 is 2.23 bits per heavy atom. The predicted molar refractivity (Wildman–Crippen MR) is 70.7 cm³/mol. The lowest BCUT2D eigenvalue weighted by molar-refractivity contribution is 1.50. The molecule has 0 aliphatic rings. The zero-order valence-corrected chi connectivity index (χ0v) is 10.8. The summed E-state index contributed by atoms with van der Waals surface area (Å²) in [6, 6.07) is 6.34. The van der Waals surface area contributed by atoms with E-state index in [0.717, 1.165) is 5.00 Å². The Kier molecular flexibility index (Phi) is 2.71. The number of rotatable bonds is 1. The Labute approximate surface area is 98.8 Å². The van der Waals surface area contributed by atoms with Crippen molar-refractivity contribution in [3.05, 3.63) is 21.8 Å². The molecule has 0 saturated heterocycles. The van der Waals surface area contributed by atoms with Crippen molar-refractivity contribution in [3.63, 3.8) is 0 Å². The normalized spacial score (nSPS) is 10.9. The summed E-state index contributed by atoms with van der Waals surface area (Å²) in [7, 11) is 0. The zero-order valence-electron chi connectivity index (χ0n) is 7.00. The van der Waals surface area contributed by atoms with Crippen molar-refractivity contribution in [2.45, 2.75) is 4.90 Å². The molecule has 0 spiro atoms. The van der Waals surface area contributed by atoms with Gasteiger partial charge in [-0.25, -0.2) is 0 Å². The lowest BCUT2D eigenvalue weighted by Crippen LogP contribution is -1.78. The smallest absolute Gasteiger partial charge is 0.0869 e. The molecule has 0 unspecified atom stereocenters. The molecule has 0 amide bonds. The fourth-order valence-electron chi connectivity index (χ4n) is 1.29. The molecule has 13 heavy (non-hydrogen) atoms. The SMILES string of the molecule is CSc1c(I)ccc2sc(N)cc12. The van der Waals surface area contributed by atoms with Gasteiger partial charge in [-0.05, 0) is 47.0 Å². The zero-order chi connectivity index (χ0) is 9.42. The molecule has 1 heterocycles. The van der Waals surface area contributed by atoms with Crippen LogP contribution >= 0.6 is 45.7 Å². The second-order valence-corrected chi connectivity index (χ2v) is 5.74. The molecule has 2 aromatic rings. The Bertz CT molecular complexity index is 450. The summed E-state index contributed by atoms with van der Waals surface area (Å²) in [6.45, 7) is 0. The molecule has 0 aliphatic carbocycles. The van der Waals surface area contributed by atoms with E-state index >= 15 is 0 Å². The molecule has 0 fully saturated rings. The lowest BCUT2D eigenvalue weighted by Gasteiger charge is -2.01. The second kappa shape index (κ2) is 3.67. The van der Waals surface area contributed by atoms with Crippen molar-refractivity contribution in [1.82, 2.24) is 0 Å². The van der Waals surface area contributed by atoms with Crippen LogP contribution in [-0.4, -0.2) is 6.26 Å². The van der Waals surface area contributed by atoms with Crippen LogP contribution in [0.1, 0.15) is 0 Å². The number of fused-ring (bicyclic) bond motifs is 1. The summed E-state index contributed by atoms with van der Waals surface area (Å²) in [6.07, 6.45) is 2.10. The van der Waals surface area contributed by atoms with Crippen LogP contribution < -0.4 is 5.73 Å². The second-order valence-electron chi connectivity index (χ2n) is 2.64. The molecule has 1 aromatic carbocycles. The average Bonchev–Trinajstić information content (AvgIpc) is 2.45. The van der Waals surface area contributed by atoms with Gasteiger partial charge >= 0.3 is 0 Å². The number of anilines is 1. The van der Waals surface area contributed by atoms with Gasteiger partial charge in [-0.1, -0.05) is 0 Å². The maximum Gasteiger partial charge on any atom is 0.0869 e. The molecule has 0 bridgehead atoms. The van der Waals surface area contributed by atoms with E-state index in [4.69, 9.17) is 5.73 Å². The minimum absolute atomic E-state index is 0.896. The first-order valence-electron chi connectivity index (χ1n) is 3.74. The van der Waals surface area contributed by atoms with Crippen molar-refractivity contribution >= 4 is 60.8 Å². The van der Waals surface area contributed by atoms with E-state index in [1.54, 1.807) is 23.1 Å². The Morgan fingerprint density at radius 3 is 2.92 bits per heavy atom. The molecule has 4 heteroatoms. The van der Waals surface area contributed by atoms with Crippen molar-refractivity contribution < 1.29 is 0 Å². The lowest BCUT2D eigenvalue weighted by atomic mass is 10.3. The average molecular weight is 321 g/mol. The van der Waals surface area contributed by atoms with Gasteiger partial charge in [-0.3, -0.25) is 0 Å². The largest absolute Gasteiger partial charge is 0.391 e. The quantitative estimate of drug-likeness (QED) is 0.638. The van der Waals surface area contributed by atoms with Crippen LogP contribution in [0.4, 0.5) is 5.00 Å². The molecule has 0 saturated carbocycles. The number of hydrogen-bond acceptors (Lipinski definition) is 3. The van der Waals surface area contributed by atoms with E-state index in [1.165, 1.54) is 18.6 Å². The van der Waals surface area contributed by atoms with Crippen LogP contribution in [0, 0.1) is 3.57 Å². The standard InChI is InChI=1S/C9H8INS2/c1-12-9-5-4-8(11)13-7(5)3-2-6(9)10/h2-4H,11H2,1H3. The third-order valence-corrected chi connectivity index (χ3v) is 4.87. The molecule has 0 atom stereocenters. The van der Waals surface area contributed by atoms with Crippen LogP contribution in [0.5, 0.6) is 0 Å². The minimum atomic E-state index is 0.896. The van der Waals surface area contributed by atoms with E-state index in [-0.39, 0.29) is 0 Å². The number of halogens is 1. The fourth-order valence-corrected chi connectivity index (χ4v) is 3.97. The summed E-state index contributed by atoms with van der Waals surface area (Å²) in [5.41, 5.74) is 5.77. The van der Waals surface area contributed by atoms with Crippen LogP contribution in [-0.2, 0) is 0 Å². The van der Waals surface area contributed by atoms with Crippen molar-refractivity contribution in [3.8, 4) is 0 Å². The van der Waals surface area contributed by atoms with Gasteiger partial charge in [0.15, 0.2) is 0 Å². The molecule has 2 rings (SSSR count). The van der Waals surface area contributed by atoms with E-state index in [9.17, 15) is 0 Å². The molecule has 1 aromatic heterocycles. The number of benzene rings is 1. The summed E-state index contributed by atoms with van der Waals surface area (Å²) in [4.78, 5) is 1.34. The molecule has 0 radical (unpaired) electrons. The summed E-state index contributed by atoms with van der Waals surface area (Å²) >= 11 is 5.79. The van der Waals surface area contributed by atoms with E-state index < -0.39 is 0 Å². The minimum Gasteiger partial charge on any atom is -0.391 e. The van der Waals surface area contributed by atoms with Gasteiger partial charge in [0.2, 0.25) is 0 Å². The Balaban J connectivity index is 2.82. The summed E-state index contributed by atoms with van der Waals surface area (Å²) in [5, 5.41) is 2.19. The molecular weight excluding hydrogens is 313 g/mol. The van der Waals surface area contributed by atoms with Gasteiger partial charge in [0.05, 0.1) is 5.00 Å². The first-order chi connectivity index (χ1) is 6.22. The van der Waals surface area contributed by atoms with Gasteiger partial charge in [0.1, 0.15) is 0 Å². The molecular formula is C9H8INS2. The number of hydrogen-bond donors (Lipinski definition) is 1. The van der Waals surface area contributed by atoms with Gasteiger partial charge in [-0.2, -0.15) is 0 Å². The van der Waals surface area contributed by atoms with Gasteiger partial charge in [0, 0.05) is 18.6 Å². The molecule has 68 valence electrons. The third-order valence-electron chi connectivity index (χ3n) is 1.83. The van der Waals surface area contributed by atoms with E-state index in [0.29, 0.717) is 0 Å². The third kappa shape index (κ3) is 1.67. The first kappa shape index (κ1) is 9.61. The topological polar surface area (TPSA) is 26.0 Å². The fraction of sp³-hybridized carbons (Fsp3) is 0.111. The summed E-state index contributed by atoms with van der Waals surface area (Å²) in [5.74, 6) is 0. The molecule has 0 aliphatic heterocycles. The van der Waals surface area contributed by atoms with Gasteiger partial charge in [0.25, 0.3) is 0 Å². The predicted octanol–water partition coefficient (Wildman–Crippen LogP) is 3.81. The number of nitrogens with two attached hydrogens (primary N) is 1. The number of thiophene rings is 1. The van der Waals surface area contributed by atoms with E-state index in [2.05, 4.69) is 47.0 Å². The number of nitrogen functional groups attached to an aromatic ring is 1. The maximum atomic E-state index is 5.77. The van der Waals surface area contributed by atoms with Crippen molar-refractivity contribution in [1.29, 1.82) is 0 Å². The van der Waals surface area contributed by atoms with Gasteiger partial charge < -0.3 is 5.73 Å². The highest BCUT2D eigenvalue weighted by Crippen LogP contribution is 2.36. The Morgan fingerprint density at radius 1 is 1.46 bits per heavy atom. The van der Waals surface area contributed by atoms with Crippen molar-refractivity contribution in [2.24, 2.45) is 0 Å². The van der Waals surface area contributed by atoms with E-state index in [1.807, 2.05) is 0 Å². The Hall–Kier alpha value is 0.0600. The summed E-state index contributed by atoms with van der Waals surface area (Å²) < 4.78 is 2.58.